The summed E-state index contributed by atoms with van der Waals surface area (Å²) in [7, 11) is 1.72. The normalized spacial score (nSPS) is 9.42. The van der Waals surface area contributed by atoms with E-state index in [1.54, 1.807) is 7.05 Å². The van der Waals surface area contributed by atoms with Crippen LogP contribution in [0.25, 0.3) is 0 Å². The van der Waals surface area contributed by atoms with Crippen LogP contribution in [0.4, 0.5) is 11.5 Å². The van der Waals surface area contributed by atoms with Gasteiger partial charge in [-0.05, 0) is 31.2 Å². The van der Waals surface area contributed by atoms with Gasteiger partial charge in [0.25, 0.3) is 5.91 Å². The minimum Gasteiger partial charge on any atom is -0.364 e. The highest BCUT2D eigenvalue weighted by molar-refractivity contribution is 5.96. The molecule has 1 aromatic heterocycles. The lowest BCUT2D eigenvalue weighted by atomic mass is 10.1. The van der Waals surface area contributed by atoms with Gasteiger partial charge < -0.3 is 21.7 Å². The lowest BCUT2D eigenvalue weighted by Gasteiger charge is -2.10. The summed E-state index contributed by atoms with van der Waals surface area (Å²) in [5.74, 6) is -0.379. The Balaban J connectivity index is 0.00000312. The molecule has 2 rings (SSSR count). The molecule has 10 heteroatoms. The molecule has 5 N–H and O–H groups in total. The number of benzene rings is 1. The number of amides is 2. The van der Waals surface area contributed by atoms with Crippen LogP contribution in [0.15, 0.2) is 36.7 Å². The van der Waals surface area contributed by atoms with Gasteiger partial charge in [-0.25, -0.2) is 9.97 Å². The summed E-state index contributed by atoms with van der Waals surface area (Å²) in [6, 6.07) is 7.61. The van der Waals surface area contributed by atoms with Crippen molar-refractivity contribution >= 4 is 48.1 Å². The highest BCUT2D eigenvalue weighted by Gasteiger charge is 2.10. The molecule has 0 aliphatic carbocycles. The van der Waals surface area contributed by atoms with Crippen molar-refractivity contribution in [3.8, 4) is 0 Å². The Labute approximate surface area is 164 Å². The van der Waals surface area contributed by atoms with Crippen molar-refractivity contribution in [2.24, 2.45) is 5.73 Å². The number of primary amides is 1. The molecule has 0 atom stereocenters. The summed E-state index contributed by atoms with van der Waals surface area (Å²) < 4.78 is 0. The zero-order chi connectivity index (χ0) is 17.4. The second kappa shape index (κ2) is 12.0. The van der Waals surface area contributed by atoms with Gasteiger partial charge in [0.15, 0.2) is 11.5 Å². The fraction of sp³-hybridized carbons (Fsp3) is 0.250. The van der Waals surface area contributed by atoms with Crippen molar-refractivity contribution in [2.45, 2.75) is 6.42 Å². The molecule has 1 aromatic carbocycles. The second-order valence-electron chi connectivity index (χ2n) is 5.07. The first-order valence-corrected chi connectivity index (χ1v) is 7.48. The Morgan fingerprint density at radius 2 is 1.88 bits per heavy atom. The molecule has 142 valence electrons. The van der Waals surface area contributed by atoms with E-state index >= 15 is 0 Å². The third-order valence-corrected chi connectivity index (χ3v) is 3.19. The standard InChI is InChI=1S/C16H20N6O2.2ClH/c1-18-10-13(23)19-6-5-11-3-2-4-12(9-11)22-16-14(15(17)24)20-7-8-21-16;;/h2-4,7-9,18H,5-6,10H2,1H3,(H2,17,24)(H,19,23)(H,21,22);2*1H. The van der Waals surface area contributed by atoms with Gasteiger partial charge in [0.2, 0.25) is 5.91 Å². The van der Waals surface area contributed by atoms with Crippen LogP contribution < -0.4 is 21.7 Å². The maximum absolute atomic E-state index is 11.4. The number of likely N-dealkylation sites (N-methyl/N-ethyl adjacent to an activating group) is 1. The van der Waals surface area contributed by atoms with Gasteiger partial charge in [0, 0.05) is 24.6 Å². The van der Waals surface area contributed by atoms with Crippen molar-refractivity contribution in [3.63, 3.8) is 0 Å². The molecular formula is C16H22Cl2N6O2. The minimum absolute atomic E-state index is 0. The zero-order valence-electron chi connectivity index (χ0n) is 14.2. The van der Waals surface area contributed by atoms with Crippen LogP contribution in [0.2, 0.25) is 0 Å². The number of nitrogens with one attached hydrogen (secondary N) is 3. The van der Waals surface area contributed by atoms with E-state index in [4.69, 9.17) is 5.73 Å². The average Bonchev–Trinajstić information content (AvgIpc) is 2.56. The number of aromatic nitrogens is 2. The lowest BCUT2D eigenvalue weighted by Crippen LogP contribution is -2.33. The van der Waals surface area contributed by atoms with Gasteiger partial charge in [-0.3, -0.25) is 9.59 Å². The van der Waals surface area contributed by atoms with Crippen LogP contribution in [0.3, 0.4) is 0 Å². The Hall–Kier alpha value is -2.42. The van der Waals surface area contributed by atoms with Gasteiger partial charge in [-0.15, -0.1) is 24.8 Å². The maximum Gasteiger partial charge on any atom is 0.271 e. The number of rotatable bonds is 8. The molecule has 0 unspecified atom stereocenters. The third-order valence-electron chi connectivity index (χ3n) is 3.19. The Morgan fingerprint density at radius 3 is 2.58 bits per heavy atom. The molecule has 0 bridgehead atoms. The first-order chi connectivity index (χ1) is 11.6. The molecule has 8 nitrogen and oxygen atoms in total. The van der Waals surface area contributed by atoms with Crippen LogP contribution >= 0.6 is 24.8 Å². The second-order valence-corrected chi connectivity index (χ2v) is 5.07. The summed E-state index contributed by atoms with van der Waals surface area (Å²) in [6.07, 6.45) is 3.58. The van der Waals surface area contributed by atoms with Crippen LogP contribution in [-0.2, 0) is 11.2 Å². The smallest absolute Gasteiger partial charge is 0.271 e. The lowest BCUT2D eigenvalue weighted by molar-refractivity contribution is -0.120. The van der Waals surface area contributed by atoms with Gasteiger partial charge >= 0.3 is 0 Å². The van der Waals surface area contributed by atoms with E-state index < -0.39 is 5.91 Å². The van der Waals surface area contributed by atoms with Crippen LogP contribution in [0.5, 0.6) is 0 Å². The molecule has 0 aliphatic heterocycles. The fourth-order valence-corrected chi connectivity index (χ4v) is 2.12. The van der Waals surface area contributed by atoms with Crippen molar-refractivity contribution in [1.82, 2.24) is 20.6 Å². The topological polar surface area (TPSA) is 122 Å². The van der Waals surface area contributed by atoms with Crippen LogP contribution in [0.1, 0.15) is 16.1 Å². The summed E-state index contributed by atoms with van der Waals surface area (Å²) in [4.78, 5) is 30.8. The van der Waals surface area contributed by atoms with Crippen molar-refractivity contribution in [3.05, 3.63) is 47.9 Å². The molecule has 0 fully saturated rings. The predicted molar refractivity (Wildman–Crippen MR) is 105 cm³/mol. The highest BCUT2D eigenvalue weighted by atomic mass is 35.5. The summed E-state index contributed by atoms with van der Waals surface area (Å²) in [6.45, 7) is 0.839. The zero-order valence-corrected chi connectivity index (χ0v) is 15.8. The summed E-state index contributed by atoms with van der Waals surface area (Å²) >= 11 is 0. The highest BCUT2D eigenvalue weighted by Crippen LogP contribution is 2.18. The van der Waals surface area contributed by atoms with Crippen LogP contribution in [-0.4, -0.2) is 41.9 Å². The van der Waals surface area contributed by atoms with E-state index in [1.165, 1.54) is 12.4 Å². The largest absolute Gasteiger partial charge is 0.364 e. The number of hydrogen-bond donors (Lipinski definition) is 4. The van der Waals surface area contributed by atoms with E-state index in [0.29, 0.717) is 25.3 Å². The summed E-state index contributed by atoms with van der Waals surface area (Å²) in [5.41, 5.74) is 7.17. The number of carbonyl (C=O) groups excluding carboxylic acids is 2. The van der Waals surface area contributed by atoms with Gasteiger partial charge in [0.05, 0.1) is 6.54 Å². The van der Waals surface area contributed by atoms with E-state index in [0.717, 1.165) is 11.3 Å². The molecule has 0 saturated carbocycles. The molecule has 1 heterocycles. The number of anilines is 2. The quantitative estimate of drug-likeness (QED) is 0.524. The van der Waals surface area contributed by atoms with Crippen molar-refractivity contribution in [2.75, 3.05) is 25.5 Å². The van der Waals surface area contributed by atoms with E-state index in [9.17, 15) is 9.59 Å². The molecule has 26 heavy (non-hydrogen) atoms. The van der Waals surface area contributed by atoms with Gasteiger partial charge in [-0.2, -0.15) is 0 Å². The Morgan fingerprint density at radius 1 is 1.15 bits per heavy atom. The molecule has 2 amide bonds. The third kappa shape index (κ3) is 7.22. The Kier molecular flexibility index (Phi) is 10.9. The summed E-state index contributed by atoms with van der Waals surface area (Å²) in [5, 5.41) is 8.66. The van der Waals surface area contributed by atoms with Crippen LogP contribution in [0, 0.1) is 0 Å². The first kappa shape index (κ1) is 23.6. The average molecular weight is 401 g/mol. The number of nitrogens with zero attached hydrogens (tertiary/aromatic N) is 2. The van der Waals surface area contributed by atoms with Gasteiger partial charge in [-0.1, -0.05) is 12.1 Å². The van der Waals surface area contributed by atoms with E-state index in [1.807, 2.05) is 24.3 Å². The molecule has 2 aromatic rings. The fourth-order valence-electron chi connectivity index (χ4n) is 2.12. The monoisotopic (exact) mass is 400 g/mol. The number of carbonyl (C=O) groups is 2. The molecule has 0 saturated heterocycles. The SMILES string of the molecule is CNCC(=O)NCCc1cccc(Nc2nccnc2C(N)=O)c1.Cl.Cl. The van der Waals surface area contributed by atoms with Crippen molar-refractivity contribution < 1.29 is 9.59 Å². The molecule has 0 aliphatic rings. The van der Waals surface area contributed by atoms with Crippen molar-refractivity contribution in [1.29, 1.82) is 0 Å². The maximum atomic E-state index is 11.4. The number of nitrogens with two attached hydrogens (primary N) is 1. The van der Waals surface area contributed by atoms with Gasteiger partial charge in [0.1, 0.15) is 0 Å². The molecular weight excluding hydrogens is 379 g/mol. The van der Waals surface area contributed by atoms with E-state index in [-0.39, 0.29) is 36.4 Å². The molecule has 0 spiro atoms. The molecule has 0 radical (unpaired) electrons. The number of halogens is 2. The predicted octanol–water partition coefficient (Wildman–Crippen LogP) is 1.04. The van der Waals surface area contributed by atoms with E-state index in [2.05, 4.69) is 25.9 Å². The first-order valence-electron chi connectivity index (χ1n) is 7.48. The Bertz CT molecular complexity index is 729. The number of hydrogen-bond acceptors (Lipinski definition) is 6. The minimum atomic E-state index is -0.644.